The number of hydrogen-bond acceptors (Lipinski definition) is 3. The molecule has 1 heterocycles. The summed E-state index contributed by atoms with van der Waals surface area (Å²) in [7, 11) is 0. The molecule has 0 aliphatic heterocycles. The van der Waals surface area contributed by atoms with Crippen molar-refractivity contribution in [2.75, 3.05) is 0 Å². The average molecular weight is 189 g/mol. The minimum atomic E-state index is 0.466. The first kappa shape index (κ1) is 8.84. The van der Waals surface area contributed by atoms with E-state index in [9.17, 15) is 0 Å². The van der Waals surface area contributed by atoms with Gasteiger partial charge in [0.05, 0.1) is 6.26 Å². The lowest BCUT2D eigenvalue weighted by Gasteiger charge is -2.06. The summed E-state index contributed by atoms with van der Waals surface area (Å²) in [5.74, 6) is 1.46. The lowest BCUT2D eigenvalue weighted by atomic mass is 10.2. The van der Waals surface area contributed by atoms with Gasteiger partial charge in [-0.25, -0.2) is 0 Å². The summed E-state index contributed by atoms with van der Waals surface area (Å²) in [6.45, 7) is 0.466. The van der Waals surface area contributed by atoms with Crippen LogP contribution in [0.2, 0.25) is 0 Å². The van der Waals surface area contributed by atoms with Gasteiger partial charge in [-0.05, 0) is 6.07 Å². The minimum absolute atomic E-state index is 0.466. The zero-order valence-electron chi connectivity index (χ0n) is 7.64. The zero-order chi connectivity index (χ0) is 9.80. The van der Waals surface area contributed by atoms with Crippen LogP contribution in [0.5, 0.6) is 11.5 Å². The number of nitrogens with two attached hydrogens (primary N) is 1. The average Bonchev–Trinajstić information content (AvgIpc) is 2.71. The molecule has 0 atom stereocenters. The summed E-state index contributed by atoms with van der Waals surface area (Å²) in [5.41, 5.74) is 6.56. The van der Waals surface area contributed by atoms with E-state index in [1.54, 1.807) is 18.6 Å². The Labute approximate surface area is 82.1 Å². The van der Waals surface area contributed by atoms with E-state index in [4.69, 9.17) is 14.9 Å². The van der Waals surface area contributed by atoms with Crippen molar-refractivity contribution in [2.45, 2.75) is 6.54 Å². The second-order valence-corrected chi connectivity index (χ2v) is 2.87. The Morgan fingerprint density at radius 2 is 2.07 bits per heavy atom. The molecule has 1 aromatic carbocycles. The number of benzene rings is 1. The topological polar surface area (TPSA) is 48.4 Å². The van der Waals surface area contributed by atoms with Gasteiger partial charge >= 0.3 is 0 Å². The highest BCUT2D eigenvalue weighted by Crippen LogP contribution is 2.24. The fourth-order valence-electron chi connectivity index (χ4n) is 1.21. The van der Waals surface area contributed by atoms with Crippen LogP contribution in [0.4, 0.5) is 0 Å². The van der Waals surface area contributed by atoms with E-state index in [0.29, 0.717) is 12.3 Å². The van der Waals surface area contributed by atoms with Crippen LogP contribution in [-0.2, 0) is 6.54 Å². The third-order valence-corrected chi connectivity index (χ3v) is 1.92. The zero-order valence-corrected chi connectivity index (χ0v) is 7.64. The van der Waals surface area contributed by atoms with Crippen molar-refractivity contribution in [1.82, 2.24) is 0 Å². The molecular formula is C11H11NO2. The fraction of sp³-hybridized carbons (Fsp3) is 0.0909. The first-order valence-corrected chi connectivity index (χ1v) is 4.38. The van der Waals surface area contributed by atoms with E-state index in [2.05, 4.69) is 0 Å². The predicted molar refractivity (Wildman–Crippen MR) is 53.1 cm³/mol. The largest absolute Gasteiger partial charge is 0.469 e. The summed E-state index contributed by atoms with van der Waals surface area (Å²) in [4.78, 5) is 0. The molecule has 0 saturated carbocycles. The SMILES string of the molecule is NCc1ccccc1Oc1ccoc1. The highest BCUT2D eigenvalue weighted by atomic mass is 16.5. The molecule has 3 heteroatoms. The van der Waals surface area contributed by atoms with Gasteiger partial charge in [0.15, 0.2) is 5.75 Å². The minimum Gasteiger partial charge on any atom is -0.469 e. The summed E-state index contributed by atoms with van der Waals surface area (Å²) in [6.07, 6.45) is 3.12. The Morgan fingerprint density at radius 3 is 2.79 bits per heavy atom. The Morgan fingerprint density at radius 1 is 1.21 bits per heavy atom. The standard InChI is InChI=1S/C11H11NO2/c12-7-9-3-1-2-4-11(9)14-10-5-6-13-8-10/h1-6,8H,7,12H2. The van der Waals surface area contributed by atoms with Crippen LogP contribution in [0.1, 0.15) is 5.56 Å². The van der Waals surface area contributed by atoms with E-state index < -0.39 is 0 Å². The third-order valence-electron chi connectivity index (χ3n) is 1.92. The number of para-hydroxylation sites is 1. The summed E-state index contributed by atoms with van der Waals surface area (Å²) in [6, 6.07) is 9.43. The number of hydrogen-bond donors (Lipinski definition) is 1. The van der Waals surface area contributed by atoms with Crippen LogP contribution in [0, 0.1) is 0 Å². The molecule has 0 spiro atoms. The molecule has 0 unspecified atom stereocenters. The molecule has 72 valence electrons. The van der Waals surface area contributed by atoms with Gasteiger partial charge < -0.3 is 14.9 Å². The number of ether oxygens (including phenoxy) is 1. The molecular weight excluding hydrogens is 178 g/mol. The molecule has 0 saturated heterocycles. The van der Waals surface area contributed by atoms with Gasteiger partial charge in [0.2, 0.25) is 0 Å². The molecule has 2 N–H and O–H groups in total. The molecule has 1 aromatic heterocycles. The van der Waals surface area contributed by atoms with Gasteiger partial charge in [0, 0.05) is 18.2 Å². The predicted octanol–water partition coefficient (Wildman–Crippen LogP) is 2.53. The number of furan rings is 1. The van der Waals surface area contributed by atoms with Gasteiger partial charge in [-0.3, -0.25) is 0 Å². The van der Waals surface area contributed by atoms with Crippen molar-refractivity contribution in [3.63, 3.8) is 0 Å². The maximum atomic E-state index is 5.58. The lowest BCUT2D eigenvalue weighted by molar-refractivity contribution is 0.461. The van der Waals surface area contributed by atoms with Crippen LogP contribution in [0.25, 0.3) is 0 Å². The number of rotatable bonds is 3. The van der Waals surface area contributed by atoms with Crippen molar-refractivity contribution >= 4 is 0 Å². The Kier molecular flexibility index (Phi) is 2.51. The Balaban J connectivity index is 2.24. The maximum absolute atomic E-state index is 5.58. The van der Waals surface area contributed by atoms with E-state index in [-0.39, 0.29) is 0 Å². The molecule has 0 bridgehead atoms. The second kappa shape index (κ2) is 3.98. The van der Waals surface area contributed by atoms with Crippen LogP contribution in [0.3, 0.4) is 0 Å². The monoisotopic (exact) mass is 189 g/mol. The first-order valence-electron chi connectivity index (χ1n) is 4.38. The summed E-state index contributed by atoms with van der Waals surface area (Å²) < 4.78 is 10.5. The maximum Gasteiger partial charge on any atom is 0.165 e. The van der Waals surface area contributed by atoms with Crippen molar-refractivity contribution in [3.05, 3.63) is 48.4 Å². The Hall–Kier alpha value is -1.74. The van der Waals surface area contributed by atoms with Crippen LogP contribution >= 0.6 is 0 Å². The third kappa shape index (κ3) is 1.78. The van der Waals surface area contributed by atoms with Crippen molar-refractivity contribution in [1.29, 1.82) is 0 Å². The highest BCUT2D eigenvalue weighted by Gasteiger charge is 2.02. The molecule has 0 fully saturated rings. The van der Waals surface area contributed by atoms with E-state index in [1.165, 1.54) is 0 Å². The molecule has 14 heavy (non-hydrogen) atoms. The lowest BCUT2D eigenvalue weighted by Crippen LogP contribution is -1.98. The molecule has 0 radical (unpaired) electrons. The molecule has 0 aliphatic carbocycles. The molecule has 2 rings (SSSR count). The first-order chi connectivity index (χ1) is 6.90. The molecule has 2 aromatic rings. The Bertz CT molecular complexity index is 395. The van der Waals surface area contributed by atoms with Crippen LogP contribution < -0.4 is 10.5 Å². The van der Waals surface area contributed by atoms with Gasteiger partial charge in [-0.2, -0.15) is 0 Å². The normalized spacial score (nSPS) is 10.1. The van der Waals surface area contributed by atoms with Gasteiger partial charge in [-0.1, -0.05) is 18.2 Å². The smallest absolute Gasteiger partial charge is 0.165 e. The molecule has 3 nitrogen and oxygen atoms in total. The molecule has 0 aliphatic rings. The second-order valence-electron chi connectivity index (χ2n) is 2.87. The quantitative estimate of drug-likeness (QED) is 0.807. The van der Waals surface area contributed by atoms with E-state index >= 15 is 0 Å². The fourth-order valence-corrected chi connectivity index (χ4v) is 1.21. The van der Waals surface area contributed by atoms with Gasteiger partial charge in [0.25, 0.3) is 0 Å². The highest BCUT2D eigenvalue weighted by molar-refractivity contribution is 5.36. The van der Waals surface area contributed by atoms with E-state index in [0.717, 1.165) is 11.3 Å². The summed E-state index contributed by atoms with van der Waals surface area (Å²) >= 11 is 0. The van der Waals surface area contributed by atoms with Crippen molar-refractivity contribution in [3.8, 4) is 11.5 Å². The summed E-state index contributed by atoms with van der Waals surface area (Å²) in [5, 5.41) is 0. The van der Waals surface area contributed by atoms with Gasteiger partial charge in [0.1, 0.15) is 12.0 Å². The van der Waals surface area contributed by atoms with Crippen molar-refractivity contribution in [2.24, 2.45) is 5.73 Å². The molecule has 0 amide bonds. The van der Waals surface area contributed by atoms with Crippen LogP contribution in [-0.4, -0.2) is 0 Å². The van der Waals surface area contributed by atoms with Gasteiger partial charge in [-0.15, -0.1) is 0 Å². The van der Waals surface area contributed by atoms with Crippen molar-refractivity contribution < 1.29 is 9.15 Å². The van der Waals surface area contributed by atoms with Crippen LogP contribution in [0.15, 0.2) is 47.3 Å². The van der Waals surface area contributed by atoms with E-state index in [1.807, 2.05) is 24.3 Å².